The molecule has 0 atom stereocenters. The number of anilines is 1. The molecule has 0 bridgehead atoms. The van der Waals surface area contributed by atoms with Crippen LogP contribution < -0.4 is 15.8 Å². The Labute approximate surface area is 164 Å². The lowest BCUT2D eigenvalue weighted by Gasteiger charge is -2.18. The molecular formula is C24H24N2O2. The predicted octanol–water partition coefficient (Wildman–Crippen LogP) is 5.33. The topological polar surface area (TPSA) is 60.8 Å². The van der Waals surface area contributed by atoms with E-state index < -0.39 is 0 Å². The smallest absolute Gasteiger partial charge is 0.137 e. The van der Waals surface area contributed by atoms with Gasteiger partial charge in [0.25, 0.3) is 0 Å². The summed E-state index contributed by atoms with van der Waals surface area (Å²) in [7, 11) is 1.71. The van der Waals surface area contributed by atoms with Crippen LogP contribution in [0, 0.1) is 13.8 Å². The largest absolute Gasteiger partial charge is 0.496 e. The lowest BCUT2D eigenvalue weighted by Crippen LogP contribution is -2.03. The molecule has 1 heterocycles. The van der Waals surface area contributed by atoms with E-state index in [1.165, 1.54) is 0 Å². The first-order chi connectivity index (χ1) is 13.5. The Morgan fingerprint density at radius 3 is 2.43 bits per heavy atom. The summed E-state index contributed by atoms with van der Waals surface area (Å²) < 4.78 is 11.8. The fourth-order valence-electron chi connectivity index (χ4n) is 3.90. The van der Waals surface area contributed by atoms with Crippen LogP contribution >= 0.6 is 0 Å². The highest BCUT2D eigenvalue weighted by molar-refractivity contribution is 6.02. The number of aryl methyl sites for hydroxylation is 2. The molecule has 0 unspecified atom stereocenters. The molecule has 4 heteroatoms. The number of fused-ring (bicyclic) bond motifs is 2. The van der Waals surface area contributed by atoms with Gasteiger partial charge in [-0.15, -0.1) is 0 Å². The van der Waals surface area contributed by atoms with Crippen molar-refractivity contribution in [3.05, 3.63) is 65.0 Å². The Morgan fingerprint density at radius 1 is 1.00 bits per heavy atom. The number of benzene rings is 3. The lowest BCUT2D eigenvalue weighted by molar-refractivity contribution is 0.408. The maximum absolute atomic E-state index is 6.22. The molecule has 4 nitrogen and oxygen atoms in total. The van der Waals surface area contributed by atoms with Crippen LogP contribution in [0.5, 0.6) is 5.75 Å². The van der Waals surface area contributed by atoms with Gasteiger partial charge in [0, 0.05) is 40.9 Å². The molecule has 0 spiro atoms. The molecule has 4 rings (SSSR count). The molecule has 0 amide bonds. The number of hydrogen-bond donors (Lipinski definition) is 1. The minimum Gasteiger partial charge on any atom is -0.496 e. The van der Waals surface area contributed by atoms with E-state index in [0.717, 1.165) is 62.2 Å². The van der Waals surface area contributed by atoms with Crippen LogP contribution in [0.4, 0.5) is 5.69 Å². The Bertz CT molecular complexity index is 1200. The molecule has 1 aliphatic heterocycles. The Hall–Kier alpha value is -3.27. The molecule has 1 aliphatic carbocycles. The van der Waals surface area contributed by atoms with Gasteiger partial charge in [0.15, 0.2) is 0 Å². The summed E-state index contributed by atoms with van der Waals surface area (Å²) >= 11 is 0. The van der Waals surface area contributed by atoms with Crippen molar-refractivity contribution in [3.8, 4) is 28.2 Å². The third-order valence-corrected chi connectivity index (χ3v) is 5.02. The average Bonchev–Trinajstić information content (AvgIpc) is 2.66. The first kappa shape index (κ1) is 18.1. The minimum absolute atomic E-state index is 0.679. The van der Waals surface area contributed by atoms with Crippen LogP contribution in [0.2, 0.25) is 0 Å². The van der Waals surface area contributed by atoms with Crippen LogP contribution in [0.15, 0.2) is 57.9 Å². The van der Waals surface area contributed by atoms with Crippen LogP contribution in [-0.2, 0) is 0 Å². The molecule has 2 aromatic carbocycles. The maximum Gasteiger partial charge on any atom is 0.137 e. The summed E-state index contributed by atoms with van der Waals surface area (Å²) in [5.41, 5.74) is 13.0. The zero-order valence-electron chi connectivity index (χ0n) is 16.7. The highest BCUT2D eigenvalue weighted by Crippen LogP contribution is 2.42. The molecule has 0 saturated heterocycles. The Balaban J connectivity index is 2.12. The highest BCUT2D eigenvalue weighted by Gasteiger charge is 2.18. The third kappa shape index (κ3) is 3.01. The van der Waals surface area contributed by atoms with Crippen molar-refractivity contribution in [2.45, 2.75) is 20.8 Å². The zero-order valence-corrected chi connectivity index (χ0v) is 16.7. The van der Waals surface area contributed by atoms with Crippen LogP contribution in [-0.4, -0.2) is 13.7 Å². The van der Waals surface area contributed by atoms with E-state index in [0.29, 0.717) is 5.69 Å². The van der Waals surface area contributed by atoms with Crippen LogP contribution in [0.3, 0.4) is 0 Å². The summed E-state index contributed by atoms with van der Waals surface area (Å²) in [6, 6.07) is 16.3. The normalized spacial score (nSPS) is 12.1. The molecule has 2 aromatic rings. The molecule has 2 aliphatic rings. The van der Waals surface area contributed by atoms with E-state index in [4.69, 9.17) is 14.9 Å². The Kier molecular flexibility index (Phi) is 4.55. The van der Waals surface area contributed by atoms with Gasteiger partial charge in [-0.3, -0.25) is 4.99 Å². The molecular weight excluding hydrogens is 348 g/mol. The van der Waals surface area contributed by atoms with Gasteiger partial charge in [-0.1, -0.05) is 0 Å². The lowest BCUT2D eigenvalue weighted by atomic mass is 9.91. The molecule has 142 valence electrons. The number of ether oxygens (including phenoxy) is 1. The predicted molar refractivity (Wildman–Crippen MR) is 115 cm³/mol. The van der Waals surface area contributed by atoms with Crippen molar-refractivity contribution in [2.75, 3.05) is 19.4 Å². The van der Waals surface area contributed by atoms with Gasteiger partial charge in [0.1, 0.15) is 17.1 Å². The number of nitrogens with zero attached hydrogens (tertiary/aromatic N) is 1. The third-order valence-electron chi connectivity index (χ3n) is 5.02. The van der Waals surface area contributed by atoms with E-state index in [1.807, 2.05) is 37.3 Å². The number of nitrogens with two attached hydrogens (primary N) is 1. The van der Waals surface area contributed by atoms with Gasteiger partial charge in [-0.25, -0.2) is 0 Å². The summed E-state index contributed by atoms with van der Waals surface area (Å²) in [5.74, 6) is 1.72. The standard InChI is InChI=1S/C24H24N2O2/c1-5-26-18-7-9-20-22(13-18)28-21-12-17(25)6-8-19(21)23(20)16-10-14(2)24(27-4)15(3)11-16/h6-13H,5,25H2,1-4H3. The second-order valence-electron chi connectivity index (χ2n) is 7.03. The number of rotatable bonds is 3. The minimum atomic E-state index is 0.679. The fraction of sp³-hybridized carbons (Fsp3) is 0.208. The second-order valence-corrected chi connectivity index (χ2v) is 7.03. The average molecular weight is 372 g/mol. The van der Waals surface area contributed by atoms with Gasteiger partial charge >= 0.3 is 0 Å². The van der Waals surface area contributed by atoms with Gasteiger partial charge in [0.2, 0.25) is 0 Å². The van der Waals surface area contributed by atoms with Crippen molar-refractivity contribution >= 4 is 16.7 Å². The first-order valence-corrected chi connectivity index (χ1v) is 9.44. The van der Waals surface area contributed by atoms with Crippen LogP contribution in [0.1, 0.15) is 18.1 Å². The monoisotopic (exact) mass is 372 g/mol. The zero-order chi connectivity index (χ0) is 19.8. The number of methoxy groups -OCH3 is 1. The second kappa shape index (κ2) is 7.04. The quantitative estimate of drug-likeness (QED) is 0.390. The fourth-order valence-corrected chi connectivity index (χ4v) is 3.90. The van der Waals surface area contributed by atoms with Crippen molar-refractivity contribution in [3.63, 3.8) is 0 Å². The molecule has 28 heavy (non-hydrogen) atoms. The van der Waals surface area contributed by atoms with Gasteiger partial charge in [-0.05, 0) is 73.9 Å². The maximum atomic E-state index is 6.22. The van der Waals surface area contributed by atoms with E-state index in [2.05, 4.69) is 37.0 Å². The summed E-state index contributed by atoms with van der Waals surface area (Å²) in [4.78, 5) is 4.51. The van der Waals surface area contributed by atoms with Crippen molar-refractivity contribution in [1.82, 2.24) is 0 Å². The van der Waals surface area contributed by atoms with Gasteiger partial charge in [0.05, 0.1) is 12.5 Å². The van der Waals surface area contributed by atoms with E-state index in [1.54, 1.807) is 7.11 Å². The van der Waals surface area contributed by atoms with E-state index in [-0.39, 0.29) is 0 Å². The SMILES string of the molecule is CCN=c1ccc2c(-c3cc(C)c(OC)c(C)c3)c3ccc(N)cc3oc-2c1. The van der Waals surface area contributed by atoms with Crippen molar-refractivity contribution < 1.29 is 9.15 Å². The Morgan fingerprint density at radius 2 is 1.75 bits per heavy atom. The summed E-state index contributed by atoms with van der Waals surface area (Å²) in [6.07, 6.45) is 0. The summed E-state index contributed by atoms with van der Waals surface area (Å²) in [6.45, 7) is 6.90. The molecule has 0 aromatic heterocycles. The molecule has 0 fully saturated rings. The van der Waals surface area contributed by atoms with Crippen molar-refractivity contribution in [2.24, 2.45) is 4.99 Å². The number of hydrogen-bond acceptors (Lipinski definition) is 4. The molecule has 0 saturated carbocycles. The van der Waals surface area contributed by atoms with Crippen molar-refractivity contribution in [1.29, 1.82) is 0 Å². The van der Waals surface area contributed by atoms with Crippen LogP contribution in [0.25, 0.3) is 33.4 Å². The highest BCUT2D eigenvalue weighted by atomic mass is 16.5. The van der Waals surface area contributed by atoms with E-state index >= 15 is 0 Å². The summed E-state index contributed by atoms with van der Waals surface area (Å²) in [5, 5.41) is 1.95. The van der Waals surface area contributed by atoms with E-state index in [9.17, 15) is 0 Å². The first-order valence-electron chi connectivity index (χ1n) is 9.44. The molecule has 0 radical (unpaired) electrons. The number of nitrogen functional groups attached to an aromatic ring is 1. The van der Waals surface area contributed by atoms with Gasteiger partial charge in [-0.2, -0.15) is 0 Å². The molecule has 2 N–H and O–H groups in total. The van der Waals surface area contributed by atoms with Gasteiger partial charge < -0.3 is 14.9 Å².